The number of amides is 1. The van der Waals surface area contributed by atoms with Gasteiger partial charge in [-0.2, -0.15) is 0 Å². The number of rotatable bonds is 3. The number of morpholine rings is 1. The van der Waals surface area contributed by atoms with Gasteiger partial charge < -0.3 is 9.64 Å². The maximum atomic E-state index is 13.1. The summed E-state index contributed by atoms with van der Waals surface area (Å²) in [6, 6.07) is 4.19. The highest BCUT2D eigenvalue weighted by Gasteiger charge is 2.51. The Hall–Kier alpha value is -1.46. The van der Waals surface area contributed by atoms with Crippen molar-refractivity contribution >= 4 is 5.91 Å². The van der Waals surface area contributed by atoms with Crippen LogP contribution in [-0.4, -0.2) is 60.1 Å². The van der Waals surface area contributed by atoms with Crippen molar-refractivity contribution in [1.29, 1.82) is 0 Å². The molecule has 3 aliphatic rings. The van der Waals surface area contributed by atoms with Crippen LogP contribution in [0.15, 0.2) is 24.5 Å². The number of hydrogen-bond acceptors (Lipinski definition) is 4. The van der Waals surface area contributed by atoms with Crippen molar-refractivity contribution in [2.24, 2.45) is 11.3 Å². The van der Waals surface area contributed by atoms with E-state index in [2.05, 4.69) is 22.0 Å². The van der Waals surface area contributed by atoms with Gasteiger partial charge >= 0.3 is 0 Å². The highest BCUT2D eigenvalue weighted by atomic mass is 16.5. The van der Waals surface area contributed by atoms with Crippen LogP contribution in [0.4, 0.5) is 0 Å². The summed E-state index contributed by atoms with van der Waals surface area (Å²) < 4.78 is 5.41. The molecule has 0 radical (unpaired) electrons. The standard InChI is InChI=1S/C19H27N3O2/c23-18(22-10-12-24-13-11-22)17-2-1-5-19(17)6-9-21(15-19)14-16-3-7-20-8-4-16/h3-4,7-8,17H,1-2,5-6,9-15H2/t17-,19+/m0/s1. The molecule has 2 saturated heterocycles. The van der Waals surface area contributed by atoms with Gasteiger partial charge in [-0.3, -0.25) is 14.7 Å². The van der Waals surface area contributed by atoms with Gasteiger partial charge in [0.05, 0.1) is 13.2 Å². The van der Waals surface area contributed by atoms with Gasteiger partial charge in [-0.15, -0.1) is 0 Å². The molecule has 3 fully saturated rings. The topological polar surface area (TPSA) is 45.7 Å². The second-order valence-corrected chi connectivity index (χ2v) is 7.56. The number of carbonyl (C=O) groups excluding carboxylic acids is 1. The second kappa shape index (κ2) is 6.81. The maximum absolute atomic E-state index is 13.1. The van der Waals surface area contributed by atoms with E-state index in [1.54, 1.807) is 0 Å². The molecule has 130 valence electrons. The predicted octanol–water partition coefficient (Wildman–Crippen LogP) is 1.93. The monoisotopic (exact) mass is 329 g/mol. The number of nitrogens with zero attached hydrogens (tertiary/aromatic N) is 3. The molecule has 4 rings (SSSR count). The van der Waals surface area contributed by atoms with Crippen LogP contribution in [0.25, 0.3) is 0 Å². The Bertz CT molecular complexity index is 573. The number of carbonyl (C=O) groups is 1. The maximum Gasteiger partial charge on any atom is 0.226 e. The number of aromatic nitrogens is 1. The van der Waals surface area contributed by atoms with Crippen molar-refractivity contribution in [2.45, 2.75) is 32.2 Å². The zero-order valence-corrected chi connectivity index (χ0v) is 14.3. The summed E-state index contributed by atoms with van der Waals surface area (Å²) in [5.74, 6) is 0.611. The van der Waals surface area contributed by atoms with E-state index in [-0.39, 0.29) is 11.3 Å². The van der Waals surface area contributed by atoms with Crippen LogP contribution in [0.5, 0.6) is 0 Å². The molecule has 3 heterocycles. The van der Waals surface area contributed by atoms with Crippen molar-refractivity contribution in [1.82, 2.24) is 14.8 Å². The van der Waals surface area contributed by atoms with Crippen molar-refractivity contribution in [3.63, 3.8) is 0 Å². The largest absolute Gasteiger partial charge is 0.378 e. The summed E-state index contributed by atoms with van der Waals surface area (Å²) in [6.45, 7) is 6.07. The fraction of sp³-hybridized carbons (Fsp3) is 0.684. The SMILES string of the molecule is O=C([C@@H]1CCC[C@]12CCN(Cc1ccncc1)C2)N1CCOCC1. The molecule has 0 N–H and O–H groups in total. The molecule has 0 bridgehead atoms. The minimum atomic E-state index is 0.211. The lowest BCUT2D eigenvalue weighted by atomic mass is 9.76. The second-order valence-electron chi connectivity index (χ2n) is 7.56. The van der Waals surface area contributed by atoms with E-state index in [0.717, 1.165) is 39.1 Å². The van der Waals surface area contributed by atoms with Crippen LogP contribution in [0.1, 0.15) is 31.2 Å². The summed E-state index contributed by atoms with van der Waals surface area (Å²) in [4.78, 5) is 21.7. The summed E-state index contributed by atoms with van der Waals surface area (Å²) in [6.07, 6.45) is 8.37. The smallest absolute Gasteiger partial charge is 0.226 e. The molecule has 1 aliphatic carbocycles. The molecule has 1 amide bonds. The average Bonchev–Trinajstić information content (AvgIpc) is 3.23. The minimum absolute atomic E-state index is 0.211. The van der Waals surface area contributed by atoms with Crippen LogP contribution < -0.4 is 0 Å². The molecule has 0 aromatic carbocycles. The van der Waals surface area contributed by atoms with Gasteiger partial charge in [0, 0.05) is 44.5 Å². The van der Waals surface area contributed by atoms with Crippen LogP contribution in [0, 0.1) is 11.3 Å². The summed E-state index contributed by atoms with van der Waals surface area (Å²) >= 11 is 0. The molecular weight excluding hydrogens is 302 g/mol. The Labute approximate surface area is 144 Å². The Morgan fingerprint density at radius 1 is 1.21 bits per heavy atom. The normalized spacial score (nSPS) is 31.0. The van der Waals surface area contributed by atoms with Gasteiger partial charge in [0.1, 0.15) is 0 Å². The van der Waals surface area contributed by atoms with Crippen LogP contribution >= 0.6 is 0 Å². The Kier molecular flexibility index (Phi) is 4.55. The number of ether oxygens (including phenoxy) is 1. The molecule has 2 atom stereocenters. The quantitative estimate of drug-likeness (QED) is 0.850. The van der Waals surface area contributed by atoms with Gasteiger partial charge in [-0.25, -0.2) is 0 Å². The molecule has 1 aromatic rings. The number of pyridine rings is 1. The van der Waals surface area contributed by atoms with Crippen molar-refractivity contribution in [3.05, 3.63) is 30.1 Å². The number of likely N-dealkylation sites (tertiary alicyclic amines) is 1. The average molecular weight is 329 g/mol. The first-order valence-electron chi connectivity index (χ1n) is 9.25. The van der Waals surface area contributed by atoms with Crippen molar-refractivity contribution in [3.8, 4) is 0 Å². The minimum Gasteiger partial charge on any atom is -0.378 e. The fourth-order valence-electron chi connectivity index (χ4n) is 4.88. The molecule has 5 heteroatoms. The van der Waals surface area contributed by atoms with Gasteiger partial charge in [0.15, 0.2) is 0 Å². The highest BCUT2D eigenvalue weighted by molar-refractivity contribution is 5.80. The Morgan fingerprint density at radius 3 is 2.79 bits per heavy atom. The van der Waals surface area contributed by atoms with E-state index in [4.69, 9.17) is 4.74 Å². The van der Waals surface area contributed by atoms with Crippen molar-refractivity contribution < 1.29 is 9.53 Å². The van der Waals surface area contributed by atoms with Gasteiger partial charge in [0.25, 0.3) is 0 Å². The molecule has 2 aliphatic heterocycles. The Balaban J connectivity index is 1.43. The first-order valence-corrected chi connectivity index (χ1v) is 9.25. The van der Waals surface area contributed by atoms with Gasteiger partial charge in [-0.05, 0) is 48.9 Å². The van der Waals surface area contributed by atoms with E-state index in [9.17, 15) is 4.79 Å². The van der Waals surface area contributed by atoms with Gasteiger partial charge in [0.2, 0.25) is 5.91 Å². The van der Waals surface area contributed by atoms with Crippen LogP contribution in [0.3, 0.4) is 0 Å². The summed E-state index contributed by atoms with van der Waals surface area (Å²) in [5.41, 5.74) is 1.53. The lowest BCUT2D eigenvalue weighted by molar-refractivity contribution is -0.143. The van der Waals surface area contributed by atoms with Gasteiger partial charge in [-0.1, -0.05) is 6.42 Å². The zero-order chi connectivity index (χ0) is 16.4. The fourth-order valence-corrected chi connectivity index (χ4v) is 4.88. The molecule has 24 heavy (non-hydrogen) atoms. The first-order chi connectivity index (χ1) is 11.8. The molecule has 0 unspecified atom stereocenters. The number of hydrogen-bond donors (Lipinski definition) is 0. The summed E-state index contributed by atoms with van der Waals surface area (Å²) in [7, 11) is 0. The first kappa shape index (κ1) is 16.0. The lowest BCUT2D eigenvalue weighted by Gasteiger charge is -2.36. The summed E-state index contributed by atoms with van der Waals surface area (Å²) in [5, 5.41) is 0. The third-order valence-electron chi connectivity index (χ3n) is 6.15. The third-order valence-corrected chi connectivity index (χ3v) is 6.15. The molecule has 1 saturated carbocycles. The van der Waals surface area contributed by atoms with Crippen LogP contribution in [-0.2, 0) is 16.1 Å². The third kappa shape index (κ3) is 3.07. The van der Waals surface area contributed by atoms with E-state index in [1.165, 1.54) is 24.8 Å². The molecule has 5 nitrogen and oxygen atoms in total. The van der Waals surface area contributed by atoms with E-state index >= 15 is 0 Å². The Morgan fingerprint density at radius 2 is 2.00 bits per heavy atom. The molecule has 1 spiro atoms. The van der Waals surface area contributed by atoms with Crippen molar-refractivity contribution in [2.75, 3.05) is 39.4 Å². The molecular formula is C19H27N3O2. The zero-order valence-electron chi connectivity index (χ0n) is 14.3. The highest BCUT2D eigenvalue weighted by Crippen LogP contribution is 2.50. The lowest BCUT2D eigenvalue weighted by Crippen LogP contribution is -2.47. The van der Waals surface area contributed by atoms with E-state index < -0.39 is 0 Å². The predicted molar refractivity (Wildman–Crippen MR) is 91.3 cm³/mol. The van der Waals surface area contributed by atoms with E-state index in [1.807, 2.05) is 17.3 Å². The molecule has 1 aromatic heterocycles. The van der Waals surface area contributed by atoms with E-state index in [0.29, 0.717) is 19.1 Å². The van der Waals surface area contributed by atoms with Crippen LogP contribution in [0.2, 0.25) is 0 Å².